The standard InChI is InChI=1S/C15H12F2O4/c1-20-11-4-5-12(15(18)19)14(7-11)21-8-9-2-3-10(16)6-13(9)17/h2-7H,8H2,1H3,(H,18,19). The molecule has 0 radical (unpaired) electrons. The molecule has 0 aliphatic carbocycles. The second-order valence-corrected chi connectivity index (χ2v) is 4.19. The van der Waals surface area contributed by atoms with Crippen LogP contribution in [0.3, 0.4) is 0 Å². The number of carbonyl (C=O) groups is 1. The zero-order valence-corrected chi connectivity index (χ0v) is 11.1. The van der Waals surface area contributed by atoms with Crippen LogP contribution >= 0.6 is 0 Å². The van der Waals surface area contributed by atoms with Crippen molar-refractivity contribution in [2.45, 2.75) is 6.61 Å². The Labute approximate surface area is 119 Å². The molecule has 0 bridgehead atoms. The molecule has 0 spiro atoms. The summed E-state index contributed by atoms with van der Waals surface area (Å²) in [5, 5.41) is 9.07. The minimum Gasteiger partial charge on any atom is -0.497 e. The lowest BCUT2D eigenvalue weighted by Gasteiger charge is -2.11. The Morgan fingerprint density at radius 3 is 2.57 bits per heavy atom. The lowest BCUT2D eigenvalue weighted by molar-refractivity contribution is 0.0691. The maximum Gasteiger partial charge on any atom is 0.339 e. The van der Waals surface area contributed by atoms with E-state index in [2.05, 4.69) is 0 Å². The highest BCUT2D eigenvalue weighted by Gasteiger charge is 2.13. The van der Waals surface area contributed by atoms with Crippen LogP contribution in [0, 0.1) is 11.6 Å². The van der Waals surface area contributed by atoms with Gasteiger partial charge < -0.3 is 14.6 Å². The Kier molecular flexibility index (Phi) is 4.37. The molecule has 0 aliphatic rings. The number of ether oxygens (including phenoxy) is 2. The lowest BCUT2D eigenvalue weighted by atomic mass is 10.2. The summed E-state index contributed by atoms with van der Waals surface area (Å²) >= 11 is 0. The minimum absolute atomic E-state index is 0.0468. The van der Waals surface area contributed by atoms with Crippen LogP contribution in [-0.2, 0) is 6.61 Å². The fourth-order valence-corrected chi connectivity index (χ4v) is 1.72. The summed E-state index contributed by atoms with van der Waals surface area (Å²) in [6.45, 7) is -0.223. The van der Waals surface area contributed by atoms with E-state index in [1.807, 2.05) is 0 Å². The number of rotatable bonds is 5. The molecule has 0 atom stereocenters. The summed E-state index contributed by atoms with van der Waals surface area (Å²) in [7, 11) is 1.43. The Morgan fingerprint density at radius 2 is 1.95 bits per heavy atom. The van der Waals surface area contributed by atoms with Gasteiger partial charge in [-0.2, -0.15) is 0 Å². The van der Waals surface area contributed by atoms with E-state index >= 15 is 0 Å². The topological polar surface area (TPSA) is 55.8 Å². The Balaban J connectivity index is 2.24. The van der Waals surface area contributed by atoms with Crippen molar-refractivity contribution < 1.29 is 28.2 Å². The molecule has 0 aromatic heterocycles. The molecule has 0 heterocycles. The Bertz CT molecular complexity index is 671. The number of carboxylic acid groups (broad SMARTS) is 1. The zero-order valence-electron chi connectivity index (χ0n) is 11.1. The van der Waals surface area contributed by atoms with E-state index in [0.29, 0.717) is 5.75 Å². The molecule has 110 valence electrons. The fourth-order valence-electron chi connectivity index (χ4n) is 1.72. The fraction of sp³-hybridized carbons (Fsp3) is 0.133. The van der Waals surface area contributed by atoms with Crippen LogP contribution in [0.5, 0.6) is 11.5 Å². The molecule has 0 saturated carbocycles. The Hall–Kier alpha value is -2.63. The first-order chi connectivity index (χ1) is 10.0. The molecule has 0 aliphatic heterocycles. The van der Waals surface area contributed by atoms with Crippen molar-refractivity contribution in [2.75, 3.05) is 7.11 Å². The molecular weight excluding hydrogens is 282 g/mol. The first-order valence-corrected chi connectivity index (χ1v) is 5.99. The third-order valence-electron chi connectivity index (χ3n) is 2.82. The van der Waals surface area contributed by atoms with Crippen molar-refractivity contribution in [3.63, 3.8) is 0 Å². The predicted molar refractivity (Wildman–Crippen MR) is 70.6 cm³/mol. The molecule has 1 N–H and O–H groups in total. The summed E-state index contributed by atoms with van der Waals surface area (Å²) < 4.78 is 36.6. The highest BCUT2D eigenvalue weighted by atomic mass is 19.1. The van der Waals surface area contributed by atoms with Crippen LogP contribution in [0.1, 0.15) is 15.9 Å². The van der Waals surface area contributed by atoms with Gasteiger partial charge >= 0.3 is 5.97 Å². The smallest absolute Gasteiger partial charge is 0.339 e. The first-order valence-electron chi connectivity index (χ1n) is 5.99. The molecule has 21 heavy (non-hydrogen) atoms. The molecule has 2 aromatic carbocycles. The molecule has 2 rings (SSSR count). The summed E-state index contributed by atoms with van der Waals surface area (Å²) in [5.41, 5.74) is 0.0499. The van der Waals surface area contributed by atoms with Gasteiger partial charge in [-0.3, -0.25) is 0 Å². The van der Waals surface area contributed by atoms with Gasteiger partial charge in [0.1, 0.15) is 35.3 Å². The van der Waals surface area contributed by atoms with Gasteiger partial charge in [0.2, 0.25) is 0 Å². The van der Waals surface area contributed by atoms with E-state index in [0.717, 1.165) is 12.1 Å². The van der Waals surface area contributed by atoms with E-state index in [1.54, 1.807) is 0 Å². The van der Waals surface area contributed by atoms with Crippen LogP contribution in [0.2, 0.25) is 0 Å². The van der Waals surface area contributed by atoms with Gasteiger partial charge in [-0.05, 0) is 24.3 Å². The average molecular weight is 294 g/mol. The van der Waals surface area contributed by atoms with E-state index in [9.17, 15) is 13.6 Å². The van der Waals surface area contributed by atoms with Crippen molar-refractivity contribution in [3.8, 4) is 11.5 Å². The number of hydrogen-bond donors (Lipinski definition) is 1. The van der Waals surface area contributed by atoms with Crippen LogP contribution in [0.15, 0.2) is 36.4 Å². The lowest BCUT2D eigenvalue weighted by Crippen LogP contribution is -2.05. The molecule has 0 amide bonds. The van der Waals surface area contributed by atoms with Gasteiger partial charge in [0.25, 0.3) is 0 Å². The van der Waals surface area contributed by atoms with Crippen LogP contribution < -0.4 is 9.47 Å². The highest BCUT2D eigenvalue weighted by molar-refractivity contribution is 5.91. The Morgan fingerprint density at radius 1 is 1.19 bits per heavy atom. The molecule has 0 saturated heterocycles. The first kappa shape index (κ1) is 14.8. The number of benzene rings is 2. The molecule has 0 fully saturated rings. The highest BCUT2D eigenvalue weighted by Crippen LogP contribution is 2.26. The normalized spacial score (nSPS) is 10.2. The second-order valence-electron chi connectivity index (χ2n) is 4.19. The maximum absolute atomic E-state index is 13.5. The summed E-state index contributed by atoms with van der Waals surface area (Å²) in [5.74, 6) is -2.16. The van der Waals surface area contributed by atoms with Gasteiger partial charge in [-0.1, -0.05) is 0 Å². The third kappa shape index (κ3) is 3.47. The predicted octanol–water partition coefficient (Wildman–Crippen LogP) is 3.25. The van der Waals surface area contributed by atoms with Crippen LogP contribution in [0.25, 0.3) is 0 Å². The molecule has 4 nitrogen and oxygen atoms in total. The molecule has 6 heteroatoms. The van der Waals surface area contributed by atoms with E-state index in [1.165, 1.54) is 31.4 Å². The quantitative estimate of drug-likeness (QED) is 0.919. The monoisotopic (exact) mass is 294 g/mol. The van der Waals surface area contributed by atoms with Crippen molar-refractivity contribution >= 4 is 5.97 Å². The molecule has 0 unspecified atom stereocenters. The SMILES string of the molecule is COc1ccc(C(=O)O)c(OCc2ccc(F)cc2F)c1. The zero-order chi connectivity index (χ0) is 15.4. The van der Waals surface area contributed by atoms with E-state index in [4.69, 9.17) is 14.6 Å². The summed E-state index contributed by atoms with van der Waals surface area (Å²) in [6.07, 6.45) is 0. The second kappa shape index (κ2) is 6.21. The number of methoxy groups -OCH3 is 1. The van der Waals surface area contributed by atoms with Crippen LogP contribution in [0.4, 0.5) is 8.78 Å². The molecule has 2 aromatic rings. The maximum atomic E-state index is 13.5. The van der Waals surface area contributed by atoms with E-state index in [-0.39, 0.29) is 23.5 Å². The van der Waals surface area contributed by atoms with Gasteiger partial charge in [0.05, 0.1) is 7.11 Å². The van der Waals surface area contributed by atoms with Crippen LogP contribution in [-0.4, -0.2) is 18.2 Å². The number of carboxylic acids is 1. The summed E-state index contributed by atoms with van der Waals surface area (Å²) in [6, 6.07) is 7.29. The minimum atomic E-state index is -1.17. The van der Waals surface area contributed by atoms with Crippen molar-refractivity contribution in [1.29, 1.82) is 0 Å². The van der Waals surface area contributed by atoms with Gasteiger partial charge in [-0.25, -0.2) is 13.6 Å². The number of halogens is 2. The van der Waals surface area contributed by atoms with E-state index < -0.39 is 17.6 Å². The summed E-state index contributed by atoms with van der Waals surface area (Å²) in [4.78, 5) is 11.1. The largest absolute Gasteiger partial charge is 0.497 e. The van der Waals surface area contributed by atoms with Gasteiger partial charge in [0.15, 0.2) is 0 Å². The number of aromatic carboxylic acids is 1. The van der Waals surface area contributed by atoms with Crippen molar-refractivity contribution in [3.05, 3.63) is 59.2 Å². The number of hydrogen-bond acceptors (Lipinski definition) is 3. The molecular formula is C15H12F2O4. The average Bonchev–Trinajstić information content (AvgIpc) is 2.45. The van der Waals surface area contributed by atoms with Gasteiger partial charge in [-0.15, -0.1) is 0 Å². The van der Waals surface area contributed by atoms with Crippen molar-refractivity contribution in [2.24, 2.45) is 0 Å². The third-order valence-corrected chi connectivity index (χ3v) is 2.82. The van der Waals surface area contributed by atoms with Gasteiger partial charge in [0, 0.05) is 17.7 Å². The van der Waals surface area contributed by atoms with Crippen molar-refractivity contribution in [1.82, 2.24) is 0 Å².